The Morgan fingerprint density at radius 1 is 1.25 bits per heavy atom. The molecule has 1 aromatic carbocycles. The Morgan fingerprint density at radius 2 is 2.15 bits per heavy atom. The lowest BCUT2D eigenvalue weighted by Crippen LogP contribution is -2.09. The molecule has 3 atom stereocenters. The molecule has 3 unspecified atom stereocenters. The lowest BCUT2D eigenvalue weighted by atomic mass is 9.88. The van der Waals surface area contributed by atoms with Gasteiger partial charge in [-0.1, -0.05) is 17.6 Å². The Bertz CT molecular complexity index is 650. The Kier molecular flexibility index (Phi) is 2.59. The number of aromatic hydroxyl groups is 1. The van der Waals surface area contributed by atoms with Gasteiger partial charge < -0.3 is 9.63 Å². The van der Waals surface area contributed by atoms with Gasteiger partial charge in [-0.25, -0.2) is 0 Å². The van der Waals surface area contributed by atoms with Gasteiger partial charge in [0.05, 0.1) is 0 Å². The number of aromatic nitrogens is 2. The maximum absolute atomic E-state index is 9.78. The highest BCUT2D eigenvalue weighted by molar-refractivity contribution is 5.61. The molecule has 2 fully saturated rings. The molecular weight excluding hydrogens is 252 g/mol. The summed E-state index contributed by atoms with van der Waals surface area (Å²) in [4.78, 5) is 4.59. The molecule has 4 nitrogen and oxygen atoms in total. The summed E-state index contributed by atoms with van der Waals surface area (Å²) in [6.45, 7) is 1.87. The lowest BCUT2D eigenvalue weighted by Gasteiger charge is -2.17. The average molecular weight is 270 g/mol. The van der Waals surface area contributed by atoms with Gasteiger partial charge in [0.1, 0.15) is 5.75 Å². The summed E-state index contributed by atoms with van der Waals surface area (Å²) in [5.41, 5.74) is 1.61. The van der Waals surface area contributed by atoms with Crippen molar-refractivity contribution in [2.75, 3.05) is 0 Å². The highest BCUT2D eigenvalue weighted by atomic mass is 16.5. The zero-order valence-corrected chi connectivity index (χ0v) is 11.5. The average Bonchev–Trinajstić information content (AvgIpc) is 3.16. The fraction of sp³-hybridized carbons (Fsp3) is 0.500. The minimum Gasteiger partial charge on any atom is -0.508 e. The van der Waals surface area contributed by atoms with Crippen LogP contribution in [-0.2, 0) is 0 Å². The van der Waals surface area contributed by atoms with Crippen molar-refractivity contribution >= 4 is 0 Å². The van der Waals surface area contributed by atoms with Crippen molar-refractivity contribution in [3.8, 4) is 17.2 Å². The third-order valence-corrected chi connectivity index (χ3v) is 5.05. The van der Waals surface area contributed by atoms with E-state index in [0.29, 0.717) is 11.8 Å². The van der Waals surface area contributed by atoms with Crippen LogP contribution in [0.15, 0.2) is 22.7 Å². The monoisotopic (exact) mass is 270 g/mol. The summed E-state index contributed by atoms with van der Waals surface area (Å²) in [5, 5.41) is 14.0. The van der Waals surface area contributed by atoms with Crippen LogP contribution in [0, 0.1) is 18.8 Å². The molecule has 2 aromatic rings. The summed E-state index contributed by atoms with van der Waals surface area (Å²) in [7, 11) is 0. The Balaban J connectivity index is 1.67. The van der Waals surface area contributed by atoms with Crippen LogP contribution in [0.4, 0.5) is 0 Å². The molecule has 4 heteroatoms. The van der Waals surface area contributed by atoms with Crippen molar-refractivity contribution < 1.29 is 9.63 Å². The van der Waals surface area contributed by atoms with Gasteiger partial charge >= 0.3 is 0 Å². The van der Waals surface area contributed by atoms with Gasteiger partial charge in [-0.05, 0) is 50.2 Å². The summed E-state index contributed by atoms with van der Waals surface area (Å²) in [6.07, 6.45) is 5.23. The van der Waals surface area contributed by atoms with Gasteiger partial charge in [0.15, 0.2) is 5.82 Å². The zero-order valence-electron chi connectivity index (χ0n) is 11.5. The first-order chi connectivity index (χ1) is 9.72. The van der Waals surface area contributed by atoms with E-state index in [-0.39, 0.29) is 5.75 Å². The number of benzene rings is 1. The maximum Gasteiger partial charge on any atom is 0.258 e. The van der Waals surface area contributed by atoms with E-state index in [1.54, 1.807) is 12.1 Å². The van der Waals surface area contributed by atoms with Crippen molar-refractivity contribution in [2.24, 2.45) is 11.8 Å². The first-order valence-corrected chi connectivity index (χ1v) is 7.35. The van der Waals surface area contributed by atoms with E-state index in [4.69, 9.17) is 4.52 Å². The van der Waals surface area contributed by atoms with E-state index in [1.807, 2.05) is 13.0 Å². The summed E-state index contributed by atoms with van der Waals surface area (Å²) < 4.78 is 5.43. The number of nitrogens with zero attached hydrogens (tertiary/aromatic N) is 2. The normalized spacial score (nSPS) is 28.1. The molecule has 4 rings (SSSR count). The van der Waals surface area contributed by atoms with Crippen molar-refractivity contribution in [1.82, 2.24) is 10.1 Å². The minimum atomic E-state index is 0.266. The molecule has 0 radical (unpaired) electrons. The van der Waals surface area contributed by atoms with Crippen LogP contribution < -0.4 is 0 Å². The molecule has 0 spiro atoms. The molecule has 20 heavy (non-hydrogen) atoms. The zero-order chi connectivity index (χ0) is 13.7. The molecule has 2 aliphatic carbocycles. The van der Waals surface area contributed by atoms with E-state index < -0.39 is 0 Å². The highest BCUT2D eigenvalue weighted by Crippen LogP contribution is 2.52. The van der Waals surface area contributed by atoms with Crippen molar-refractivity contribution in [3.63, 3.8) is 0 Å². The third-order valence-electron chi connectivity index (χ3n) is 5.05. The van der Waals surface area contributed by atoms with Crippen LogP contribution in [0.5, 0.6) is 5.75 Å². The topological polar surface area (TPSA) is 59.2 Å². The predicted octanol–water partition coefficient (Wildman–Crippen LogP) is 3.65. The highest BCUT2D eigenvalue weighted by Gasteiger charge is 2.42. The molecule has 1 heterocycles. The molecule has 2 saturated carbocycles. The smallest absolute Gasteiger partial charge is 0.258 e. The first-order valence-electron chi connectivity index (χ1n) is 7.35. The molecule has 1 N–H and O–H groups in total. The summed E-state index contributed by atoms with van der Waals surface area (Å²) in [6, 6.07) is 5.39. The van der Waals surface area contributed by atoms with Crippen molar-refractivity contribution in [3.05, 3.63) is 29.6 Å². The van der Waals surface area contributed by atoms with Crippen LogP contribution in [-0.4, -0.2) is 15.2 Å². The minimum absolute atomic E-state index is 0.266. The Hall–Kier alpha value is -1.84. The molecule has 0 amide bonds. The molecule has 0 saturated heterocycles. The second-order valence-corrected chi connectivity index (χ2v) is 6.19. The van der Waals surface area contributed by atoms with E-state index in [1.165, 1.54) is 25.7 Å². The molecular formula is C16H18N2O2. The maximum atomic E-state index is 9.78. The number of rotatable bonds is 2. The molecule has 1 aromatic heterocycles. The Morgan fingerprint density at radius 3 is 2.90 bits per heavy atom. The molecule has 0 aliphatic heterocycles. The van der Waals surface area contributed by atoms with E-state index in [2.05, 4.69) is 10.1 Å². The SMILES string of the molecule is Cc1c(O)cccc1-c1nc(C2CC3CCC2C3)no1. The van der Waals surface area contributed by atoms with E-state index in [0.717, 1.165) is 28.8 Å². The number of hydrogen-bond donors (Lipinski definition) is 1. The fourth-order valence-corrected chi connectivity index (χ4v) is 3.91. The van der Waals surface area contributed by atoms with Crippen LogP contribution in [0.1, 0.15) is 43.0 Å². The third kappa shape index (κ3) is 1.74. The van der Waals surface area contributed by atoms with Gasteiger partial charge in [0.2, 0.25) is 0 Å². The van der Waals surface area contributed by atoms with Crippen molar-refractivity contribution in [2.45, 2.75) is 38.5 Å². The Labute approximate surface area is 117 Å². The van der Waals surface area contributed by atoms with Crippen LogP contribution in [0.25, 0.3) is 11.5 Å². The first kappa shape index (κ1) is 11.9. The molecule has 104 valence electrons. The van der Waals surface area contributed by atoms with Crippen molar-refractivity contribution in [1.29, 1.82) is 0 Å². The van der Waals surface area contributed by atoms with Gasteiger partial charge in [-0.3, -0.25) is 0 Å². The number of phenols is 1. The quantitative estimate of drug-likeness (QED) is 0.904. The summed E-state index contributed by atoms with van der Waals surface area (Å²) >= 11 is 0. The molecule has 2 aliphatic rings. The van der Waals surface area contributed by atoms with Crippen LogP contribution in [0.2, 0.25) is 0 Å². The standard InChI is InChI=1S/C16H18N2O2/c1-9-12(3-2-4-14(9)19)16-17-15(18-20-16)13-8-10-5-6-11(13)7-10/h2-4,10-11,13,19H,5-8H2,1H3. The number of hydrogen-bond acceptors (Lipinski definition) is 4. The van der Waals surface area contributed by atoms with Crippen LogP contribution >= 0.6 is 0 Å². The second-order valence-electron chi connectivity index (χ2n) is 6.19. The van der Waals surface area contributed by atoms with E-state index >= 15 is 0 Å². The number of phenolic OH excluding ortho intramolecular Hbond substituents is 1. The van der Waals surface area contributed by atoms with Gasteiger partial charge in [-0.15, -0.1) is 0 Å². The second kappa shape index (κ2) is 4.33. The van der Waals surface area contributed by atoms with Gasteiger partial charge in [-0.2, -0.15) is 4.98 Å². The lowest BCUT2D eigenvalue weighted by molar-refractivity contribution is 0.372. The van der Waals surface area contributed by atoms with Gasteiger partial charge in [0, 0.05) is 17.0 Å². The molecule has 2 bridgehead atoms. The summed E-state index contributed by atoms with van der Waals surface area (Å²) in [5.74, 6) is 3.74. The largest absolute Gasteiger partial charge is 0.508 e. The fourth-order valence-electron chi connectivity index (χ4n) is 3.91. The van der Waals surface area contributed by atoms with Gasteiger partial charge in [0.25, 0.3) is 5.89 Å². The number of fused-ring (bicyclic) bond motifs is 2. The van der Waals surface area contributed by atoms with Crippen LogP contribution in [0.3, 0.4) is 0 Å². The van der Waals surface area contributed by atoms with E-state index in [9.17, 15) is 5.11 Å². The predicted molar refractivity (Wildman–Crippen MR) is 74.3 cm³/mol.